The van der Waals surface area contributed by atoms with Crippen LogP contribution in [-0.4, -0.2) is 20.1 Å². The minimum atomic E-state index is -3.59. The third kappa shape index (κ3) is 8.35. The third-order valence-corrected chi connectivity index (χ3v) is 6.79. The second-order valence-corrected chi connectivity index (χ2v) is 9.67. The molecule has 2 aromatic rings. The molecule has 4 nitrogen and oxygen atoms in total. The number of rotatable bonds is 11. The van der Waals surface area contributed by atoms with Gasteiger partial charge in [-0.2, -0.15) is 11.8 Å². The van der Waals surface area contributed by atoms with Gasteiger partial charge in [-0.25, -0.2) is 13.1 Å². The minimum Gasteiger partial charge on any atom is -0.268 e. The first-order valence-corrected chi connectivity index (χ1v) is 12.5. The first kappa shape index (κ1) is 23.1. The summed E-state index contributed by atoms with van der Waals surface area (Å²) in [5.74, 6) is 3.67. The molecule has 29 heavy (non-hydrogen) atoms. The largest absolute Gasteiger partial charge is 0.268 e. The first-order valence-electron chi connectivity index (χ1n) is 9.70. The summed E-state index contributed by atoms with van der Waals surface area (Å²) in [7, 11) is -3.59. The summed E-state index contributed by atoms with van der Waals surface area (Å²) in [5, 5.41) is 0. The van der Waals surface area contributed by atoms with Gasteiger partial charge < -0.3 is 0 Å². The Hall–Kier alpha value is -2.23. The molecule has 1 N–H and O–H groups in total. The Morgan fingerprint density at radius 1 is 0.966 bits per heavy atom. The lowest BCUT2D eigenvalue weighted by Crippen LogP contribution is -2.32. The second-order valence-electron chi connectivity index (χ2n) is 6.84. The van der Waals surface area contributed by atoms with Crippen LogP contribution in [0, 0.1) is 12.3 Å². The Bertz CT molecular complexity index is 928. The zero-order valence-electron chi connectivity index (χ0n) is 16.7. The van der Waals surface area contributed by atoms with Crippen LogP contribution in [0.1, 0.15) is 59.7 Å². The Balaban J connectivity index is 1.80. The van der Waals surface area contributed by atoms with Crippen LogP contribution in [0.3, 0.4) is 0 Å². The van der Waals surface area contributed by atoms with E-state index in [0.717, 1.165) is 41.9 Å². The molecule has 0 atom stereocenters. The summed E-state index contributed by atoms with van der Waals surface area (Å²) < 4.78 is 26.2. The lowest BCUT2D eigenvalue weighted by atomic mass is 10.1. The van der Waals surface area contributed by atoms with Crippen molar-refractivity contribution < 1.29 is 13.2 Å². The van der Waals surface area contributed by atoms with Crippen molar-refractivity contribution in [2.45, 2.75) is 44.1 Å². The number of nitrogens with one attached hydrogen (secondary N) is 1. The molecule has 0 bridgehead atoms. The van der Waals surface area contributed by atoms with Gasteiger partial charge in [0.2, 0.25) is 10.0 Å². The number of thioether (sulfide) groups is 1. The van der Waals surface area contributed by atoms with Crippen LogP contribution in [0.25, 0.3) is 0 Å². The van der Waals surface area contributed by atoms with E-state index in [1.807, 2.05) is 36.4 Å². The van der Waals surface area contributed by atoms with E-state index in [-0.39, 0.29) is 5.75 Å². The highest BCUT2D eigenvalue weighted by atomic mass is 32.2. The average Bonchev–Trinajstić information content (AvgIpc) is 2.72. The molecule has 0 heterocycles. The van der Waals surface area contributed by atoms with Crippen LogP contribution in [0.5, 0.6) is 0 Å². The van der Waals surface area contributed by atoms with Gasteiger partial charge >= 0.3 is 0 Å². The maximum Gasteiger partial charge on any atom is 0.264 e. The zero-order chi connectivity index (χ0) is 21.1. The molecule has 0 aliphatic carbocycles. The average molecular weight is 430 g/mol. The Morgan fingerprint density at radius 2 is 1.55 bits per heavy atom. The Labute approximate surface area is 178 Å². The normalized spacial score (nSPS) is 11.0. The zero-order valence-corrected chi connectivity index (χ0v) is 18.3. The molecule has 0 aliphatic heterocycles. The van der Waals surface area contributed by atoms with Crippen molar-refractivity contribution in [1.29, 1.82) is 0 Å². The van der Waals surface area contributed by atoms with Gasteiger partial charge in [0.05, 0.1) is 5.75 Å². The first-order chi connectivity index (χ1) is 13.9. The van der Waals surface area contributed by atoms with E-state index in [1.54, 1.807) is 23.9 Å². The lowest BCUT2D eigenvalue weighted by Gasteiger charge is -2.08. The topological polar surface area (TPSA) is 63.2 Å². The predicted molar refractivity (Wildman–Crippen MR) is 121 cm³/mol. The molecule has 2 rings (SSSR count). The maximum atomic E-state index is 12.2. The fraction of sp³-hybridized carbons (Fsp3) is 0.348. The van der Waals surface area contributed by atoms with Crippen LogP contribution < -0.4 is 4.72 Å². The molecule has 6 heteroatoms. The molecule has 0 saturated carbocycles. The van der Waals surface area contributed by atoms with E-state index >= 15 is 0 Å². The summed E-state index contributed by atoms with van der Waals surface area (Å²) >= 11 is 1.76. The molecular formula is C23H27NO3S2. The number of carbonyl (C=O) groups is 1. The van der Waals surface area contributed by atoms with E-state index in [1.165, 1.54) is 5.56 Å². The number of benzene rings is 2. The third-order valence-electron chi connectivity index (χ3n) is 4.39. The number of hydrogen-bond acceptors (Lipinski definition) is 4. The number of sulfonamides is 1. The van der Waals surface area contributed by atoms with E-state index in [9.17, 15) is 13.2 Å². The van der Waals surface area contributed by atoms with Gasteiger partial charge in [0.1, 0.15) is 0 Å². The molecule has 0 aromatic heterocycles. The van der Waals surface area contributed by atoms with Gasteiger partial charge in [-0.05, 0) is 41.8 Å². The van der Waals surface area contributed by atoms with Crippen LogP contribution in [0.15, 0.2) is 48.5 Å². The van der Waals surface area contributed by atoms with Crippen molar-refractivity contribution in [3.8, 4) is 12.3 Å². The lowest BCUT2D eigenvalue weighted by molar-refractivity contribution is 0.0981. The van der Waals surface area contributed by atoms with E-state index < -0.39 is 15.9 Å². The standard InChI is InChI=1S/C23H27NO3S2/c1-3-5-6-7-16-29(26,27)24-23(25)22-14-12-21(13-15-22)18-28-17-20-10-8-19(4-2)9-11-20/h2,8-15H,3,5-7,16-18H2,1H3,(H,24,25). The predicted octanol–water partition coefficient (Wildman–Crippen LogP) is 4.74. The molecule has 2 aromatic carbocycles. The molecule has 0 aliphatic rings. The summed E-state index contributed by atoms with van der Waals surface area (Å²) in [6.45, 7) is 2.07. The van der Waals surface area contributed by atoms with Gasteiger partial charge in [-0.1, -0.05) is 56.4 Å². The number of terminal acetylenes is 1. The maximum absolute atomic E-state index is 12.2. The van der Waals surface area contributed by atoms with E-state index in [4.69, 9.17) is 6.42 Å². The number of hydrogen-bond donors (Lipinski definition) is 1. The monoisotopic (exact) mass is 429 g/mol. The minimum absolute atomic E-state index is 0.0181. The Morgan fingerprint density at radius 3 is 2.10 bits per heavy atom. The Kier molecular flexibility index (Phi) is 9.30. The molecule has 1 amide bonds. The van der Waals surface area contributed by atoms with Gasteiger partial charge in [0.15, 0.2) is 0 Å². The highest BCUT2D eigenvalue weighted by Gasteiger charge is 2.15. The number of amides is 1. The SMILES string of the molecule is C#Cc1ccc(CSCc2ccc(C(=O)NS(=O)(=O)CCCCCC)cc2)cc1. The highest BCUT2D eigenvalue weighted by Crippen LogP contribution is 2.19. The summed E-state index contributed by atoms with van der Waals surface area (Å²) in [4.78, 5) is 12.2. The molecule has 0 saturated heterocycles. The molecule has 0 unspecified atom stereocenters. The molecule has 0 spiro atoms. The van der Waals surface area contributed by atoms with Gasteiger partial charge in [-0.3, -0.25) is 4.79 Å². The van der Waals surface area contributed by atoms with E-state index in [2.05, 4.69) is 17.6 Å². The number of unbranched alkanes of at least 4 members (excludes halogenated alkanes) is 3. The van der Waals surface area contributed by atoms with Crippen LogP contribution in [0.2, 0.25) is 0 Å². The van der Waals surface area contributed by atoms with Crippen LogP contribution in [0.4, 0.5) is 0 Å². The van der Waals surface area contributed by atoms with Crippen molar-refractivity contribution in [3.05, 3.63) is 70.8 Å². The summed E-state index contributed by atoms with van der Waals surface area (Å²) in [5.41, 5.74) is 3.50. The van der Waals surface area contributed by atoms with Gasteiger partial charge in [0, 0.05) is 22.6 Å². The van der Waals surface area contributed by atoms with Gasteiger partial charge in [0.25, 0.3) is 5.91 Å². The van der Waals surface area contributed by atoms with Crippen molar-refractivity contribution in [2.75, 3.05) is 5.75 Å². The fourth-order valence-electron chi connectivity index (χ4n) is 2.71. The molecular weight excluding hydrogens is 402 g/mol. The molecule has 154 valence electrons. The van der Waals surface area contributed by atoms with Gasteiger partial charge in [-0.15, -0.1) is 6.42 Å². The highest BCUT2D eigenvalue weighted by molar-refractivity contribution is 7.97. The van der Waals surface area contributed by atoms with Crippen molar-refractivity contribution in [3.63, 3.8) is 0 Å². The number of carbonyl (C=O) groups excluding carboxylic acids is 1. The second kappa shape index (κ2) is 11.7. The van der Waals surface area contributed by atoms with Crippen molar-refractivity contribution in [1.82, 2.24) is 4.72 Å². The van der Waals surface area contributed by atoms with E-state index in [0.29, 0.717) is 12.0 Å². The van der Waals surface area contributed by atoms with Crippen LogP contribution >= 0.6 is 11.8 Å². The summed E-state index contributed by atoms with van der Waals surface area (Å²) in [6, 6.07) is 15.0. The summed E-state index contributed by atoms with van der Waals surface area (Å²) in [6.07, 6.45) is 8.82. The molecule has 0 fully saturated rings. The van der Waals surface area contributed by atoms with Crippen LogP contribution in [-0.2, 0) is 21.5 Å². The molecule has 0 radical (unpaired) electrons. The quantitative estimate of drug-likeness (QED) is 0.414. The van der Waals surface area contributed by atoms with Crippen molar-refractivity contribution in [2.24, 2.45) is 0 Å². The smallest absolute Gasteiger partial charge is 0.264 e. The van der Waals surface area contributed by atoms with Crippen molar-refractivity contribution >= 4 is 27.7 Å². The fourth-order valence-corrected chi connectivity index (χ4v) is 4.75.